The minimum atomic E-state index is -1.54. The largest absolute Gasteiger partial charge is 0.470 e. The summed E-state index contributed by atoms with van der Waals surface area (Å²) in [4.78, 5) is 12.2. The molecule has 9 nitrogen and oxygen atoms in total. The van der Waals surface area contributed by atoms with E-state index in [9.17, 15) is 30.3 Å². The van der Waals surface area contributed by atoms with Crippen LogP contribution in [0.4, 0.5) is 0 Å². The Kier molecular flexibility index (Phi) is 6.62. The highest BCUT2D eigenvalue weighted by atomic mass is 16.7. The van der Waals surface area contributed by atoms with Gasteiger partial charge in [0.05, 0.1) is 24.9 Å². The fraction of sp³-hybridized carbons (Fsp3) is 0.762. The second kappa shape index (κ2) is 8.57. The molecule has 0 aromatic carbocycles. The summed E-state index contributed by atoms with van der Waals surface area (Å²) < 4.78 is 16.6. The summed E-state index contributed by atoms with van der Waals surface area (Å²) in [6.07, 6.45) is -4.70. The van der Waals surface area contributed by atoms with Crippen LogP contribution in [0.1, 0.15) is 27.2 Å². The molecule has 2 aliphatic heterocycles. The van der Waals surface area contributed by atoms with E-state index in [1.54, 1.807) is 19.9 Å². The number of esters is 1. The number of carbonyl (C=O) groups is 1. The first-order valence-electron chi connectivity index (χ1n) is 10.2. The van der Waals surface area contributed by atoms with E-state index < -0.39 is 60.9 Å². The highest BCUT2D eigenvalue weighted by Crippen LogP contribution is 2.53. The number of allylic oxidation sites excluding steroid dienone is 1. The van der Waals surface area contributed by atoms with Crippen LogP contribution in [0.2, 0.25) is 0 Å². The first kappa shape index (κ1) is 23.2. The second-order valence-corrected chi connectivity index (χ2v) is 8.92. The Hall–Kier alpha value is -1.49. The van der Waals surface area contributed by atoms with Crippen molar-refractivity contribution in [3.8, 4) is 0 Å². The quantitative estimate of drug-likeness (QED) is 0.221. The third-order valence-electron chi connectivity index (χ3n) is 6.91. The lowest BCUT2D eigenvalue weighted by Gasteiger charge is -2.48. The van der Waals surface area contributed by atoms with Gasteiger partial charge in [0.25, 0.3) is 0 Å². The molecule has 0 radical (unpaired) electrons. The van der Waals surface area contributed by atoms with Crippen molar-refractivity contribution in [2.75, 3.05) is 6.61 Å². The molecule has 170 valence electrons. The molecule has 0 spiro atoms. The average molecular weight is 428 g/mol. The summed E-state index contributed by atoms with van der Waals surface area (Å²) in [7, 11) is 0. The number of aliphatic hydroxyl groups excluding tert-OH is 5. The Bertz CT molecular complexity index is 692. The highest BCUT2D eigenvalue weighted by Gasteiger charge is 2.58. The van der Waals surface area contributed by atoms with Crippen molar-refractivity contribution in [2.24, 2.45) is 23.2 Å². The zero-order chi connectivity index (χ0) is 22.4. The Balaban J connectivity index is 1.84. The van der Waals surface area contributed by atoms with E-state index in [1.165, 1.54) is 6.26 Å². The van der Waals surface area contributed by atoms with Gasteiger partial charge in [-0.1, -0.05) is 19.9 Å². The molecule has 2 saturated heterocycles. The van der Waals surface area contributed by atoms with Gasteiger partial charge < -0.3 is 39.7 Å². The lowest BCUT2D eigenvalue weighted by atomic mass is 9.58. The van der Waals surface area contributed by atoms with E-state index in [4.69, 9.17) is 14.2 Å². The normalized spacial score (nSPS) is 49.3. The number of rotatable bonds is 5. The number of aliphatic hydroxyl groups is 5. The van der Waals surface area contributed by atoms with E-state index >= 15 is 0 Å². The Morgan fingerprint density at radius 2 is 1.93 bits per heavy atom. The molecule has 0 amide bonds. The van der Waals surface area contributed by atoms with Crippen molar-refractivity contribution < 1.29 is 44.5 Å². The Labute approximate surface area is 175 Å². The van der Waals surface area contributed by atoms with Crippen molar-refractivity contribution in [1.82, 2.24) is 0 Å². The van der Waals surface area contributed by atoms with Crippen LogP contribution < -0.4 is 0 Å². The summed E-state index contributed by atoms with van der Waals surface area (Å²) in [5.74, 6) is -1.47. The van der Waals surface area contributed by atoms with Crippen molar-refractivity contribution in [1.29, 1.82) is 0 Å². The van der Waals surface area contributed by atoms with Gasteiger partial charge in [0.15, 0.2) is 0 Å². The van der Waals surface area contributed by atoms with E-state index in [0.717, 1.165) is 0 Å². The maximum Gasteiger partial charge on any atom is 0.309 e. The van der Waals surface area contributed by atoms with Gasteiger partial charge in [-0.25, -0.2) is 0 Å². The van der Waals surface area contributed by atoms with E-state index in [1.807, 2.05) is 6.92 Å². The number of carbonyl (C=O) groups excluding carboxylic acids is 1. The molecule has 1 aliphatic carbocycles. The molecule has 11 unspecified atom stereocenters. The molecule has 0 aromatic rings. The summed E-state index contributed by atoms with van der Waals surface area (Å²) in [5, 5.41) is 49.9. The molecular formula is C21H32O9. The predicted molar refractivity (Wildman–Crippen MR) is 104 cm³/mol. The summed E-state index contributed by atoms with van der Waals surface area (Å²) in [6.45, 7) is 8.79. The zero-order valence-corrected chi connectivity index (χ0v) is 17.4. The first-order valence-corrected chi connectivity index (χ1v) is 10.2. The van der Waals surface area contributed by atoms with Gasteiger partial charge in [-0.2, -0.15) is 0 Å². The summed E-state index contributed by atoms with van der Waals surface area (Å²) in [5.41, 5.74) is 0.0997. The van der Waals surface area contributed by atoms with Crippen molar-refractivity contribution in [3.05, 3.63) is 24.5 Å². The van der Waals surface area contributed by atoms with E-state index in [2.05, 4.69) is 6.58 Å². The lowest BCUT2D eigenvalue weighted by molar-refractivity contribution is -0.288. The number of hydrogen-bond donors (Lipinski definition) is 5. The average Bonchev–Trinajstić information content (AvgIpc) is 3.00. The van der Waals surface area contributed by atoms with Gasteiger partial charge in [0, 0.05) is 11.8 Å². The van der Waals surface area contributed by atoms with Crippen molar-refractivity contribution >= 4 is 5.97 Å². The van der Waals surface area contributed by atoms with Gasteiger partial charge in [0.1, 0.15) is 30.5 Å². The number of ether oxygens (including phenoxy) is 3. The van der Waals surface area contributed by atoms with Crippen LogP contribution in [0.5, 0.6) is 0 Å². The van der Waals surface area contributed by atoms with Crippen molar-refractivity contribution in [2.45, 2.75) is 70.1 Å². The maximum absolute atomic E-state index is 12.2. The number of hydrogen-bond acceptors (Lipinski definition) is 9. The van der Waals surface area contributed by atoms with Crippen LogP contribution in [0, 0.1) is 23.2 Å². The van der Waals surface area contributed by atoms with Crippen LogP contribution in [-0.4, -0.2) is 81.0 Å². The molecule has 2 heterocycles. The van der Waals surface area contributed by atoms with Gasteiger partial charge in [0.2, 0.25) is 6.29 Å². The van der Waals surface area contributed by atoms with Crippen molar-refractivity contribution in [3.63, 3.8) is 0 Å². The monoisotopic (exact) mass is 428 g/mol. The first-order chi connectivity index (χ1) is 14.1. The number of fused-ring (bicyclic) bond motifs is 1. The molecule has 5 N–H and O–H groups in total. The minimum absolute atomic E-state index is 0.331. The third-order valence-corrected chi connectivity index (χ3v) is 6.91. The van der Waals surface area contributed by atoms with Gasteiger partial charge in [-0.15, -0.1) is 6.58 Å². The topological polar surface area (TPSA) is 146 Å². The van der Waals surface area contributed by atoms with Gasteiger partial charge in [-0.05, 0) is 24.3 Å². The molecule has 3 fully saturated rings. The van der Waals surface area contributed by atoms with Crippen LogP contribution in [-0.2, 0) is 19.0 Å². The second-order valence-electron chi connectivity index (χ2n) is 8.92. The summed E-state index contributed by atoms with van der Waals surface area (Å²) >= 11 is 0. The molecule has 11 atom stereocenters. The Morgan fingerprint density at radius 3 is 2.53 bits per heavy atom. The Morgan fingerprint density at radius 1 is 1.27 bits per heavy atom. The van der Waals surface area contributed by atoms with Crippen LogP contribution in [0.3, 0.4) is 0 Å². The van der Waals surface area contributed by atoms with Crippen LogP contribution >= 0.6 is 0 Å². The predicted octanol–water partition coefficient (Wildman–Crippen LogP) is -0.542. The third kappa shape index (κ3) is 3.79. The fourth-order valence-electron chi connectivity index (χ4n) is 5.11. The molecule has 0 bridgehead atoms. The molecule has 1 saturated carbocycles. The highest BCUT2D eigenvalue weighted by molar-refractivity contribution is 5.75. The SMILES string of the molecule is C=CC1(C)CC(O)C2C(C)C(=O)OC2C1C(C)=COC1OC(CO)C(O)C(O)C1O. The van der Waals surface area contributed by atoms with Crippen LogP contribution in [0.15, 0.2) is 24.5 Å². The van der Waals surface area contributed by atoms with E-state index in [0.29, 0.717) is 12.0 Å². The van der Waals surface area contributed by atoms with Gasteiger partial charge in [-0.3, -0.25) is 4.79 Å². The van der Waals surface area contributed by atoms with Gasteiger partial charge >= 0.3 is 5.97 Å². The lowest BCUT2D eigenvalue weighted by Crippen LogP contribution is -2.58. The standard InChI is InChI=1S/C21H32O9/c1-5-21(4)6-11(23)13-10(3)19(27)30-18(13)14(21)9(2)8-28-20-17(26)16(25)15(24)12(7-22)29-20/h5,8,10-18,20,22-26H,1,6-7H2,2-4H3. The minimum Gasteiger partial charge on any atom is -0.470 e. The zero-order valence-electron chi connectivity index (χ0n) is 17.4. The molecule has 0 aromatic heterocycles. The summed E-state index contributed by atoms with van der Waals surface area (Å²) in [6, 6.07) is 0. The fourth-order valence-corrected chi connectivity index (χ4v) is 5.11. The maximum atomic E-state index is 12.2. The van der Waals surface area contributed by atoms with E-state index in [-0.39, 0.29) is 17.8 Å². The molecular weight excluding hydrogens is 396 g/mol. The molecule has 30 heavy (non-hydrogen) atoms. The smallest absolute Gasteiger partial charge is 0.309 e. The molecule has 9 heteroatoms. The molecule has 3 aliphatic rings. The van der Waals surface area contributed by atoms with Crippen LogP contribution in [0.25, 0.3) is 0 Å². The molecule has 3 rings (SSSR count).